The summed E-state index contributed by atoms with van der Waals surface area (Å²) in [7, 11) is 3.59. The summed E-state index contributed by atoms with van der Waals surface area (Å²) in [6, 6.07) is 0. The van der Waals surface area contributed by atoms with Crippen LogP contribution < -0.4 is 16.0 Å². The van der Waals surface area contributed by atoms with Crippen LogP contribution in [0.3, 0.4) is 0 Å². The van der Waals surface area contributed by atoms with Gasteiger partial charge in [-0.2, -0.15) is 0 Å². The van der Waals surface area contributed by atoms with Crippen molar-refractivity contribution in [2.75, 3.05) is 44.5 Å². The Hall–Kier alpha value is -1.34. The maximum atomic E-state index is 12.0. The fraction of sp³-hybridized carbons (Fsp3) is 0.667. The van der Waals surface area contributed by atoms with Crippen LogP contribution in [0.25, 0.3) is 0 Å². The summed E-state index contributed by atoms with van der Waals surface area (Å²) in [5.74, 6) is 0.151. The second kappa shape index (κ2) is 7.96. The van der Waals surface area contributed by atoms with E-state index in [-0.39, 0.29) is 5.91 Å². The molecule has 7 heteroatoms. The summed E-state index contributed by atoms with van der Waals surface area (Å²) >= 11 is 1.32. The lowest BCUT2D eigenvalue weighted by molar-refractivity contribution is 0.0956. The van der Waals surface area contributed by atoms with Gasteiger partial charge in [-0.25, -0.2) is 4.98 Å². The average Bonchev–Trinajstić information content (AvgIpc) is 2.79. The molecule has 0 aliphatic rings. The highest BCUT2D eigenvalue weighted by molar-refractivity contribution is 7.18. The minimum atomic E-state index is -0.150. The molecule has 0 atom stereocenters. The number of carbonyl (C=O) groups excluding carboxylic acids is 1. The molecule has 1 heterocycles. The number of nitrogens with zero attached hydrogens (tertiary/aromatic N) is 2. The number of nitrogens with one attached hydrogen (secondary N) is 1. The first-order valence-corrected chi connectivity index (χ1v) is 7.16. The normalized spacial score (nSPS) is 10.5. The van der Waals surface area contributed by atoms with Crippen molar-refractivity contribution in [3.63, 3.8) is 0 Å². The third-order valence-electron chi connectivity index (χ3n) is 2.71. The van der Waals surface area contributed by atoms with Crippen molar-refractivity contribution < 1.29 is 9.53 Å². The number of ether oxygens (including phenoxy) is 1. The Morgan fingerprint density at radius 2 is 2.26 bits per heavy atom. The molecule has 0 bridgehead atoms. The largest absolute Gasteiger partial charge is 0.385 e. The molecule has 6 nitrogen and oxygen atoms in total. The minimum Gasteiger partial charge on any atom is -0.385 e. The Labute approximate surface area is 118 Å². The summed E-state index contributed by atoms with van der Waals surface area (Å²) in [6.07, 6.45) is 1.82. The molecular weight excluding hydrogens is 264 g/mol. The van der Waals surface area contributed by atoms with Gasteiger partial charge in [-0.1, -0.05) is 11.3 Å². The molecular formula is C12H22N4O2S. The van der Waals surface area contributed by atoms with E-state index in [1.807, 2.05) is 18.9 Å². The number of hydrogen-bond acceptors (Lipinski definition) is 6. The molecule has 0 saturated carbocycles. The molecule has 0 spiro atoms. The average molecular weight is 286 g/mol. The monoisotopic (exact) mass is 286 g/mol. The Bertz CT molecular complexity index is 408. The van der Waals surface area contributed by atoms with Crippen molar-refractivity contribution in [2.45, 2.75) is 19.8 Å². The molecule has 0 aromatic carbocycles. The predicted octanol–water partition coefficient (Wildman–Crippen LogP) is 1.34. The van der Waals surface area contributed by atoms with E-state index in [0.717, 1.165) is 24.5 Å². The van der Waals surface area contributed by atoms with Crippen LogP contribution in [0, 0.1) is 0 Å². The van der Waals surface area contributed by atoms with E-state index in [4.69, 9.17) is 10.5 Å². The third kappa shape index (κ3) is 4.68. The number of aromatic nitrogens is 1. The Kier molecular flexibility index (Phi) is 6.58. The number of thiazole rings is 1. The number of rotatable bonds is 8. The molecule has 19 heavy (non-hydrogen) atoms. The second-order valence-corrected chi connectivity index (χ2v) is 5.16. The quantitative estimate of drug-likeness (QED) is 0.705. The molecule has 0 saturated heterocycles. The van der Waals surface area contributed by atoms with Gasteiger partial charge in [0, 0.05) is 33.9 Å². The smallest absolute Gasteiger partial charge is 0.265 e. The Morgan fingerprint density at radius 3 is 2.89 bits per heavy atom. The first-order valence-electron chi connectivity index (χ1n) is 6.34. The number of anilines is 2. The zero-order chi connectivity index (χ0) is 14.3. The van der Waals surface area contributed by atoms with Crippen LogP contribution in [0.4, 0.5) is 10.9 Å². The summed E-state index contributed by atoms with van der Waals surface area (Å²) < 4.78 is 4.95. The van der Waals surface area contributed by atoms with Gasteiger partial charge in [0.05, 0.1) is 0 Å². The second-order valence-electron chi connectivity index (χ2n) is 4.18. The molecule has 0 unspecified atom stereocenters. The van der Waals surface area contributed by atoms with Gasteiger partial charge >= 0.3 is 0 Å². The van der Waals surface area contributed by atoms with Gasteiger partial charge < -0.3 is 20.7 Å². The summed E-state index contributed by atoms with van der Waals surface area (Å²) in [4.78, 5) is 18.6. The Balaban J connectivity index is 2.50. The zero-order valence-corrected chi connectivity index (χ0v) is 12.5. The topological polar surface area (TPSA) is 80.5 Å². The van der Waals surface area contributed by atoms with Crippen LogP contribution in [0.5, 0.6) is 0 Å². The van der Waals surface area contributed by atoms with E-state index in [2.05, 4.69) is 10.3 Å². The maximum Gasteiger partial charge on any atom is 0.265 e. The molecule has 0 aliphatic heterocycles. The predicted molar refractivity (Wildman–Crippen MR) is 78.9 cm³/mol. The van der Waals surface area contributed by atoms with E-state index < -0.39 is 0 Å². The lowest BCUT2D eigenvalue weighted by Crippen LogP contribution is -2.24. The van der Waals surface area contributed by atoms with Gasteiger partial charge in [0.2, 0.25) is 0 Å². The molecule has 0 radical (unpaired) electrons. The summed E-state index contributed by atoms with van der Waals surface area (Å²) in [6.45, 7) is 4.18. The van der Waals surface area contributed by atoms with E-state index in [9.17, 15) is 4.79 Å². The first kappa shape index (κ1) is 15.7. The summed E-state index contributed by atoms with van der Waals surface area (Å²) in [5, 5.41) is 3.61. The number of nitrogens with two attached hydrogens (primary N) is 1. The number of nitrogen functional groups attached to an aromatic ring is 1. The number of hydrogen-bond donors (Lipinski definition) is 2. The first-order chi connectivity index (χ1) is 9.10. The molecule has 1 aromatic heterocycles. The molecule has 1 amide bonds. The fourth-order valence-corrected chi connectivity index (χ4v) is 2.36. The highest BCUT2D eigenvalue weighted by Crippen LogP contribution is 2.27. The number of unbranched alkanes of at least 4 members (excludes halogenated alkanes) is 1. The van der Waals surface area contributed by atoms with Crippen LogP contribution in [-0.2, 0) is 4.74 Å². The van der Waals surface area contributed by atoms with Crippen LogP contribution >= 0.6 is 11.3 Å². The van der Waals surface area contributed by atoms with Gasteiger partial charge in [-0.05, 0) is 19.8 Å². The maximum absolute atomic E-state index is 12.0. The lowest BCUT2D eigenvalue weighted by Gasteiger charge is -2.10. The molecule has 0 fully saturated rings. The van der Waals surface area contributed by atoms with Crippen LogP contribution in [0.1, 0.15) is 29.4 Å². The van der Waals surface area contributed by atoms with Crippen LogP contribution in [-0.4, -0.2) is 44.7 Å². The number of amides is 1. The van der Waals surface area contributed by atoms with Gasteiger partial charge in [-0.3, -0.25) is 4.79 Å². The van der Waals surface area contributed by atoms with E-state index in [1.54, 1.807) is 7.11 Å². The molecule has 0 aliphatic carbocycles. The van der Waals surface area contributed by atoms with Crippen LogP contribution in [0.15, 0.2) is 0 Å². The summed E-state index contributed by atoms with van der Waals surface area (Å²) in [5.41, 5.74) is 5.78. The Morgan fingerprint density at radius 1 is 1.53 bits per heavy atom. The van der Waals surface area contributed by atoms with Crippen LogP contribution in [0.2, 0.25) is 0 Å². The van der Waals surface area contributed by atoms with E-state index in [0.29, 0.717) is 23.8 Å². The number of carbonyl (C=O) groups is 1. The molecule has 108 valence electrons. The van der Waals surface area contributed by atoms with Gasteiger partial charge in [0.25, 0.3) is 5.91 Å². The third-order valence-corrected chi connectivity index (χ3v) is 3.89. The van der Waals surface area contributed by atoms with Crippen molar-refractivity contribution in [3.05, 3.63) is 4.88 Å². The van der Waals surface area contributed by atoms with E-state index in [1.165, 1.54) is 11.3 Å². The molecule has 1 rings (SSSR count). The van der Waals surface area contributed by atoms with Gasteiger partial charge in [0.1, 0.15) is 10.7 Å². The highest BCUT2D eigenvalue weighted by Gasteiger charge is 2.17. The van der Waals surface area contributed by atoms with Crippen molar-refractivity contribution in [1.82, 2.24) is 10.3 Å². The van der Waals surface area contributed by atoms with Crippen molar-refractivity contribution >= 4 is 28.2 Å². The minimum absolute atomic E-state index is 0.150. The molecule has 1 aromatic rings. The zero-order valence-electron chi connectivity index (χ0n) is 11.7. The van der Waals surface area contributed by atoms with Crippen molar-refractivity contribution in [2.24, 2.45) is 0 Å². The highest BCUT2D eigenvalue weighted by atomic mass is 32.1. The van der Waals surface area contributed by atoms with E-state index >= 15 is 0 Å². The van der Waals surface area contributed by atoms with Gasteiger partial charge in [-0.15, -0.1) is 0 Å². The standard InChI is InChI=1S/C12H22N4O2S/c1-4-16(2)12-15-10(13)9(19-12)11(17)14-7-5-6-8-18-3/h4-8,13H2,1-3H3,(H,14,17). The van der Waals surface area contributed by atoms with Crippen molar-refractivity contribution in [1.29, 1.82) is 0 Å². The number of methoxy groups -OCH3 is 1. The van der Waals surface area contributed by atoms with Crippen molar-refractivity contribution in [3.8, 4) is 0 Å². The lowest BCUT2D eigenvalue weighted by atomic mass is 10.3. The SMILES string of the molecule is CCN(C)c1nc(N)c(C(=O)NCCCCOC)s1. The molecule has 3 N–H and O–H groups in total. The van der Waals surface area contributed by atoms with Gasteiger partial charge in [0.15, 0.2) is 5.13 Å². The fourth-order valence-electron chi connectivity index (χ4n) is 1.44.